The molecule has 0 bridgehead atoms. The molecule has 1 aliphatic rings. The first-order valence-corrected chi connectivity index (χ1v) is 9.44. The SMILES string of the molecule is O=C(NN=Cc1ccc([N+](=O)[O-])c(O)c1)C1CC1(c1ccccc1)c1ccccc1. The fourth-order valence-electron chi connectivity index (χ4n) is 3.88. The molecule has 2 N–H and O–H groups in total. The Morgan fingerprint density at radius 3 is 2.20 bits per heavy atom. The van der Waals surface area contributed by atoms with Crippen LogP contribution < -0.4 is 5.43 Å². The Morgan fingerprint density at radius 1 is 1.07 bits per heavy atom. The highest BCUT2D eigenvalue weighted by Gasteiger charge is 2.60. The van der Waals surface area contributed by atoms with Crippen LogP contribution in [0.25, 0.3) is 0 Å². The summed E-state index contributed by atoms with van der Waals surface area (Å²) in [6, 6.07) is 23.7. The monoisotopic (exact) mass is 401 g/mol. The standard InChI is InChI=1S/C23H19N3O4/c27-21-13-16(11-12-20(21)26(29)30)15-24-25-22(28)19-14-23(19,17-7-3-1-4-8-17)18-9-5-2-6-10-18/h1-13,15,19,27H,14H2,(H,25,28). The van der Waals surface area contributed by atoms with Crippen molar-refractivity contribution in [2.75, 3.05) is 0 Å². The average molecular weight is 401 g/mol. The van der Waals surface area contributed by atoms with Crippen LogP contribution in [0.4, 0.5) is 5.69 Å². The Labute approximate surface area is 172 Å². The number of carbonyl (C=O) groups excluding carboxylic acids is 1. The molecule has 0 heterocycles. The Balaban J connectivity index is 1.51. The quantitative estimate of drug-likeness (QED) is 0.373. The predicted octanol–water partition coefficient (Wildman–Crippen LogP) is 3.76. The van der Waals surface area contributed by atoms with Gasteiger partial charge in [0.1, 0.15) is 0 Å². The largest absolute Gasteiger partial charge is 0.502 e. The lowest BCUT2D eigenvalue weighted by Crippen LogP contribution is -2.25. The van der Waals surface area contributed by atoms with Crippen molar-refractivity contribution < 1.29 is 14.8 Å². The number of phenols is 1. The molecular weight excluding hydrogens is 382 g/mol. The minimum Gasteiger partial charge on any atom is -0.502 e. The summed E-state index contributed by atoms with van der Waals surface area (Å²) in [5.41, 5.74) is 4.40. The van der Waals surface area contributed by atoms with E-state index in [0.29, 0.717) is 12.0 Å². The van der Waals surface area contributed by atoms with Gasteiger partial charge >= 0.3 is 5.69 Å². The summed E-state index contributed by atoms with van der Waals surface area (Å²) in [6.45, 7) is 0. The number of amides is 1. The van der Waals surface area contributed by atoms with Crippen LogP contribution in [0, 0.1) is 16.0 Å². The second-order valence-corrected chi connectivity index (χ2v) is 7.20. The van der Waals surface area contributed by atoms with E-state index in [-0.39, 0.29) is 22.9 Å². The molecule has 30 heavy (non-hydrogen) atoms. The van der Waals surface area contributed by atoms with Gasteiger partial charge in [0.15, 0.2) is 5.75 Å². The predicted molar refractivity (Wildman–Crippen MR) is 112 cm³/mol. The zero-order valence-electron chi connectivity index (χ0n) is 15.9. The topological polar surface area (TPSA) is 105 Å². The maximum atomic E-state index is 12.8. The number of nitro benzene ring substituents is 1. The summed E-state index contributed by atoms with van der Waals surface area (Å²) in [4.78, 5) is 22.9. The molecule has 0 aliphatic heterocycles. The van der Waals surface area contributed by atoms with E-state index < -0.39 is 10.7 Å². The van der Waals surface area contributed by atoms with Crippen molar-refractivity contribution in [1.29, 1.82) is 0 Å². The molecule has 1 saturated carbocycles. The lowest BCUT2D eigenvalue weighted by atomic mass is 9.85. The minimum atomic E-state index is -0.669. The van der Waals surface area contributed by atoms with E-state index in [4.69, 9.17) is 0 Å². The van der Waals surface area contributed by atoms with E-state index in [9.17, 15) is 20.0 Å². The van der Waals surface area contributed by atoms with Gasteiger partial charge in [0.05, 0.1) is 17.1 Å². The minimum absolute atomic E-state index is 0.204. The lowest BCUT2D eigenvalue weighted by Gasteiger charge is -2.18. The molecule has 0 radical (unpaired) electrons. The third kappa shape index (κ3) is 3.53. The second-order valence-electron chi connectivity index (χ2n) is 7.20. The van der Waals surface area contributed by atoms with Crippen molar-refractivity contribution in [3.05, 3.63) is 106 Å². The number of carbonyl (C=O) groups is 1. The van der Waals surface area contributed by atoms with Crippen LogP contribution >= 0.6 is 0 Å². The molecule has 150 valence electrons. The Kier molecular flexibility index (Phi) is 5.02. The van der Waals surface area contributed by atoms with Crippen molar-refractivity contribution in [2.45, 2.75) is 11.8 Å². The molecule has 7 nitrogen and oxygen atoms in total. The summed E-state index contributed by atoms with van der Waals surface area (Å²) in [5.74, 6) is -0.917. The van der Waals surface area contributed by atoms with E-state index >= 15 is 0 Å². The normalized spacial score (nSPS) is 16.9. The van der Waals surface area contributed by atoms with E-state index in [1.165, 1.54) is 24.4 Å². The van der Waals surface area contributed by atoms with Gasteiger partial charge < -0.3 is 5.11 Å². The molecule has 1 unspecified atom stereocenters. The van der Waals surface area contributed by atoms with Crippen molar-refractivity contribution in [3.8, 4) is 5.75 Å². The van der Waals surface area contributed by atoms with Gasteiger partial charge in [0, 0.05) is 11.5 Å². The van der Waals surface area contributed by atoms with Gasteiger partial charge in [0.2, 0.25) is 5.91 Å². The molecule has 1 aliphatic carbocycles. The number of hydrogen-bond donors (Lipinski definition) is 2. The van der Waals surface area contributed by atoms with Gasteiger partial charge in [-0.1, -0.05) is 60.7 Å². The summed E-state index contributed by atoms with van der Waals surface area (Å²) >= 11 is 0. The molecule has 4 rings (SSSR count). The number of hydrogen-bond acceptors (Lipinski definition) is 5. The van der Waals surface area contributed by atoms with Crippen LogP contribution in [0.1, 0.15) is 23.1 Å². The van der Waals surface area contributed by atoms with Gasteiger partial charge in [-0.15, -0.1) is 0 Å². The van der Waals surface area contributed by atoms with Gasteiger partial charge in [-0.2, -0.15) is 5.10 Å². The zero-order chi connectivity index (χ0) is 21.1. The fourth-order valence-corrected chi connectivity index (χ4v) is 3.88. The van der Waals surface area contributed by atoms with Crippen LogP contribution in [0.15, 0.2) is 84.0 Å². The van der Waals surface area contributed by atoms with Gasteiger partial charge in [-0.3, -0.25) is 14.9 Å². The number of hydrazone groups is 1. The molecule has 1 atom stereocenters. The Bertz CT molecular complexity index is 1070. The van der Waals surface area contributed by atoms with Crippen molar-refractivity contribution >= 4 is 17.8 Å². The van der Waals surface area contributed by atoms with E-state index in [1.54, 1.807) is 0 Å². The highest BCUT2D eigenvalue weighted by molar-refractivity contribution is 5.88. The van der Waals surface area contributed by atoms with Crippen LogP contribution in [-0.2, 0) is 10.2 Å². The van der Waals surface area contributed by atoms with E-state index in [2.05, 4.69) is 10.5 Å². The van der Waals surface area contributed by atoms with Crippen LogP contribution in [0.3, 0.4) is 0 Å². The van der Waals surface area contributed by atoms with E-state index in [1.807, 2.05) is 60.7 Å². The Morgan fingerprint density at radius 2 is 1.67 bits per heavy atom. The zero-order valence-corrected chi connectivity index (χ0v) is 15.9. The molecule has 3 aromatic rings. The molecule has 1 amide bonds. The van der Waals surface area contributed by atoms with Crippen LogP contribution in [0.5, 0.6) is 5.75 Å². The first-order valence-electron chi connectivity index (χ1n) is 9.44. The van der Waals surface area contributed by atoms with Crippen molar-refractivity contribution in [2.24, 2.45) is 11.0 Å². The smallest absolute Gasteiger partial charge is 0.310 e. The number of phenolic OH excluding ortho intramolecular Hbond substituents is 1. The third-order valence-corrected chi connectivity index (χ3v) is 5.44. The second kappa shape index (κ2) is 7.79. The fraction of sp³-hybridized carbons (Fsp3) is 0.130. The number of nitrogens with one attached hydrogen (secondary N) is 1. The van der Waals surface area contributed by atoms with Crippen LogP contribution in [-0.4, -0.2) is 22.2 Å². The molecule has 0 saturated heterocycles. The first-order chi connectivity index (χ1) is 14.5. The van der Waals surface area contributed by atoms with Crippen molar-refractivity contribution in [3.63, 3.8) is 0 Å². The number of benzene rings is 3. The van der Waals surface area contributed by atoms with Gasteiger partial charge in [0.25, 0.3) is 0 Å². The summed E-state index contributed by atoms with van der Waals surface area (Å²) < 4.78 is 0. The average Bonchev–Trinajstić information content (AvgIpc) is 3.52. The molecule has 3 aromatic carbocycles. The van der Waals surface area contributed by atoms with Gasteiger partial charge in [-0.05, 0) is 35.2 Å². The Hall–Kier alpha value is -4.00. The molecule has 0 aromatic heterocycles. The molecule has 0 spiro atoms. The maximum Gasteiger partial charge on any atom is 0.310 e. The number of rotatable bonds is 6. The van der Waals surface area contributed by atoms with Crippen LogP contribution in [0.2, 0.25) is 0 Å². The highest BCUT2D eigenvalue weighted by atomic mass is 16.6. The summed E-state index contributed by atoms with van der Waals surface area (Å²) in [7, 11) is 0. The van der Waals surface area contributed by atoms with E-state index in [0.717, 1.165) is 11.1 Å². The summed E-state index contributed by atoms with van der Waals surface area (Å²) in [5, 5.41) is 24.4. The molecule has 7 heteroatoms. The summed E-state index contributed by atoms with van der Waals surface area (Å²) in [6.07, 6.45) is 2.02. The highest BCUT2D eigenvalue weighted by Crippen LogP contribution is 2.58. The number of nitro groups is 1. The molecular formula is C23H19N3O4. The number of aromatic hydroxyl groups is 1. The first kappa shape index (κ1) is 19.3. The third-order valence-electron chi connectivity index (χ3n) is 5.44. The van der Waals surface area contributed by atoms with Gasteiger partial charge in [-0.25, -0.2) is 5.43 Å². The molecule has 1 fully saturated rings. The number of nitrogens with zero attached hydrogens (tertiary/aromatic N) is 2. The van der Waals surface area contributed by atoms with Crippen molar-refractivity contribution in [1.82, 2.24) is 5.43 Å². The lowest BCUT2D eigenvalue weighted by molar-refractivity contribution is -0.385. The maximum absolute atomic E-state index is 12.8.